The second-order valence-corrected chi connectivity index (χ2v) is 11.9. The van der Waals surface area contributed by atoms with Crippen LogP contribution in [0.1, 0.15) is 21.9 Å². The molecule has 1 saturated heterocycles. The quantitative estimate of drug-likeness (QED) is 0.304. The Morgan fingerprint density at radius 3 is 2.46 bits per heavy atom. The van der Waals surface area contributed by atoms with Crippen LogP contribution in [0.2, 0.25) is 0 Å². The van der Waals surface area contributed by atoms with Gasteiger partial charge in [0.1, 0.15) is 5.25 Å². The number of nitrogens with zero attached hydrogens (tertiary/aromatic N) is 1. The molecule has 1 aromatic heterocycles. The van der Waals surface area contributed by atoms with Crippen molar-refractivity contribution < 1.29 is 23.9 Å². The molecule has 6 rings (SSSR count). The summed E-state index contributed by atoms with van der Waals surface area (Å²) in [6.07, 6.45) is 0. The molecule has 0 spiro atoms. The molecule has 0 unspecified atom stereocenters. The maximum atomic E-state index is 13.9. The largest absolute Gasteiger partial charge is 0.493 e. The van der Waals surface area contributed by atoms with Crippen LogP contribution in [0.4, 0.5) is 11.4 Å². The fourth-order valence-electron chi connectivity index (χ4n) is 5.18. The van der Waals surface area contributed by atoms with Gasteiger partial charge in [0.2, 0.25) is 11.8 Å². The summed E-state index contributed by atoms with van der Waals surface area (Å²) in [5.74, 6) is -1.53. The number of imide groups is 1. The number of thioether (sulfide) groups is 1. The number of carbonyl (C=O) groups excluding carboxylic acids is 3. The number of methoxy groups -OCH3 is 1. The zero-order valence-electron chi connectivity index (χ0n) is 22.1. The molecule has 0 bridgehead atoms. The second kappa shape index (κ2) is 10.9. The average molecular weight is 588 g/mol. The summed E-state index contributed by atoms with van der Waals surface area (Å²) in [5.41, 5.74) is 2.89. The minimum atomic E-state index is -0.721. The Morgan fingerprint density at radius 2 is 1.73 bits per heavy atom. The van der Waals surface area contributed by atoms with Gasteiger partial charge in [-0.2, -0.15) is 0 Å². The Hall–Kier alpha value is -4.35. The van der Waals surface area contributed by atoms with E-state index in [0.717, 1.165) is 16.9 Å². The third kappa shape index (κ3) is 5.02. The Kier molecular flexibility index (Phi) is 7.14. The smallest absolute Gasteiger partial charge is 0.305 e. The normalized spacial score (nSPS) is 19.5. The number of hydrogen-bond donors (Lipinski definition) is 2. The van der Waals surface area contributed by atoms with Crippen molar-refractivity contribution in [2.24, 2.45) is 5.92 Å². The topological polar surface area (TPSA) is 118 Å². The van der Waals surface area contributed by atoms with Crippen molar-refractivity contribution in [3.05, 3.63) is 98.5 Å². The van der Waals surface area contributed by atoms with Crippen molar-refractivity contribution in [2.45, 2.75) is 23.1 Å². The Bertz CT molecular complexity index is 1700. The molecule has 2 aliphatic heterocycles. The van der Waals surface area contributed by atoms with Gasteiger partial charge >= 0.3 is 4.87 Å². The molecule has 0 radical (unpaired) electrons. The molecular formula is C30H25N3O6S2. The minimum absolute atomic E-state index is 0.239. The molecule has 41 heavy (non-hydrogen) atoms. The lowest BCUT2D eigenvalue weighted by molar-refractivity contribution is -0.122. The van der Waals surface area contributed by atoms with Crippen LogP contribution in [0.25, 0.3) is 0 Å². The van der Waals surface area contributed by atoms with Crippen molar-refractivity contribution in [2.75, 3.05) is 23.9 Å². The van der Waals surface area contributed by atoms with Gasteiger partial charge in [0.15, 0.2) is 18.1 Å². The van der Waals surface area contributed by atoms with Gasteiger partial charge in [-0.3, -0.25) is 19.2 Å². The fraction of sp³-hybridized carbons (Fsp3) is 0.200. The van der Waals surface area contributed by atoms with Crippen LogP contribution in [0, 0.1) is 12.8 Å². The van der Waals surface area contributed by atoms with Crippen LogP contribution in [0.5, 0.6) is 11.5 Å². The molecule has 208 valence electrons. The van der Waals surface area contributed by atoms with Crippen LogP contribution >= 0.6 is 23.1 Å². The number of fused-ring (bicyclic) bond motifs is 2. The number of aromatic nitrogens is 1. The number of aromatic amines is 1. The second-order valence-electron chi connectivity index (χ2n) is 9.71. The summed E-state index contributed by atoms with van der Waals surface area (Å²) in [6.45, 7) is 1.70. The first-order chi connectivity index (χ1) is 19.8. The Labute approximate surface area is 243 Å². The highest BCUT2D eigenvalue weighted by atomic mass is 32.2. The van der Waals surface area contributed by atoms with Crippen LogP contribution in [0.3, 0.4) is 0 Å². The number of aryl methyl sites for hydroxylation is 1. The predicted molar refractivity (Wildman–Crippen MR) is 157 cm³/mol. The number of nitrogens with one attached hydrogen (secondary N) is 2. The predicted octanol–water partition coefficient (Wildman–Crippen LogP) is 4.57. The first kappa shape index (κ1) is 26.9. The number of rotatable bonds is 7. The highest BCUT2D eigenvalue weighted by Gasteiger charge is 2.56. The van der Waals surface area contributed by atoms with E-state index in [-0.39, 0.29) is 29.2 Å². The lowest BCUT2D eigenvalue weighted by atomic mass is 9.83. The van der Waals surface area contributed by atoms with Crippen LogP contribution in [-0.4, -0.2) is 41.7 Å². The average Bonchev–Trinajstić information content (AvgIpc) is 3.47. The summed E-state index contributed by atoms with van der Waals surface area (Å²) in [6, 6.07) is 21.5. The number of anilines is 2. The van der Waals surface area contributed by atoms with Crippen LogP contribution < -0.4 is 24.6 Å². The number of thiazole rings is 1. The van der Waals surface area contributed by atoms with Gasteiger partial charge in [-0.05, 0) is 48.9 Å². The molecular weight excluding hydrogens is 562 g/mol. The van der Waals surface area contributed by atoms with Crippen LogP contribution in [0.15, 0.2) is 82.6 Å². The summed E-state index contributed by atoms with van der Waals surface area (Å²) in [5, 5.41) is 2.66. The van der Waals surface area contributed by atoms with E-state index in [2.05, 4.69) is 10.3 Å². The number of ether oxygens (including phenoxy) is 2. The monoisotopic (exact) mass is 587 g/mol. The molecule has 11 heteroatoms. The molecule has 0 aliphatic carbocycles. The van der Waals surface area contributed by atoms with E-state index in [1.807, 2.05) is 37.3 Å². The van der Waals surface area contributed by atoms with E-state index in [9.17, 15) is 19.2 Å². The summed E-state index contributed by atoms with van der Waals surface area (Å²) in [7, 11) is 1.49. The number of hydrogen-bond acceptors (Lipinski definition) is 8. The zero-order valence-corrected chi connectivity index (χ0v) is 23.7. The maximum Gasteiger partial charge on any atom is 0.305 e. The van der Waals surface area contributed by atoms with E-state index in [0.29, 0.717) is 38.3 Å². The first-order valence-corrected chi connectivity index (χ1v) is 14.5. The minimum Gasteiger partial charge on any atom is -0.493 e. The Balaban J connectivity index is 1.31. The van der Waals surface area contributed by atoms with Crippen molar-refractivity contribution in [3.8, 4) is 11.5 Å². The van der Waals surface area contributed by atoms with Crippen molar-refractivity contribution in [1.82, 2.24) is 4.98 Å². The lowest BCUT2D eigenvalue weighted by Gasteiger charge is -2.30. The maximum absolute atomic E-state index is 13.9. The zero-order chi connectivity index (χ0) is 28.7. The molecule has 1 fully saturated rings. The van der Waals surface area contributed by atoms with E-state index in [1.54, 1.807) is 42.5 Å². The Morgan fingerprint density at radius 1 is 0.976 bits per heavy atom. The standard InChI is InChI=1S/C30H25N3O6S2/c1-16-8-11-19(12-9-16)33-28(35)24-23(25-27(32-30(37)41-25)40-26(24)29(33)36)17-10-13-20(21(14-17)38-2)39-15-22(34)31-18-6-4-3-5-7-18/h3-14,23-24,26H,15H2,1-2H3,(H,31,34)(H,32,37)/t23-,24-,26+/m0/s1. The SMILES string of the molecule is COc1cc([C@@H]2c3sc(=O)[nH]c3S[C@H]3C(=O)N(c4ccc(C)cc4)C(=O)[C@@H]23)ccc1OCC(=O)Nc1ccccc1. The molecule has 2 N–H and O–H groups in total. The number of H-pyrrole nitrogens is 1. The highest BCUT2D eigenvalue weighted by Crippen LogP contribution is 2.53. The molecule has 2 aliphatic rings. The van der Waals surface area contributed by atoms with Gasteiger partial charge < -0.3 is 19.8 Å². The third-order valence-electron chi connectivity index (χ3n) is 7.08. The van der Waals surface area contributed by atoms with Crippen LogP contribution in [-0.2, 0) is 14.4 Å². The summed E-state index contributed by atoms with van der Waals surface area (Å²) in [4.78, 5) is 56.8. The molecule has 4 aromatic rings. The number of carbonyl (C=O) groups is 3. The molecule has 3 heterocycles. The number of amides is 3. The van der Waals surface area contributed by atoms with E-state index >= 15 is 0 Å². The molecule has 3 aromatic carbocycles. The van der Waals surface area contributed by atoms with Crippen molar-refractivity contribution in [3.63, 3.8) is 0 Å². The van der Waals surface area contributed by atoms with E-state index in [1.165, 1.54) is 23.8 Å². The molecule has 3 atom stereocenters. The van der Waals surface area contributed by atoms with Gasteiger partial charge in [-0.1, -0.05) is 65.1 Å². The summed E-state index contributed by atoms with van der Waals surface area (Å²) >= 11 is 2.27. The third-order valence-corrected chi connectivity index (χ3v) is 9.48. The molecule has 3 amide bonds. The van der Waals surface area contributed by atoms with E-state index in [4.69, 9.17) is 9.47 Å². The van der Waals surface area contributed by atoms with Gasteiger partial charge in [-0.25, -0.2) is 4.90 Å². The molecule has 0 saturated carbocycles. The summed E-state index contributed by atoms with van der Waals surface area (Å²) < 4.78 is 11.4. The lowest BCUT2D eigenvalue weighted by Crippen LogP contribution is -2.32. The molecule has 9 nitrogen and oxygen atoms in total. The number of benzene rings is 3. The van der Waals surface area contributed by atoms with Gasteiger partial charge in [-0.15, -0.1) is 0 Å². The highest BCUT2D eigenvalue weighted by molar-refractivity contribution is 8.00. The van der Waals surface area contributed by atoms with Crippen molar-refractivity contribution in [1.29, 1.82) is 0 Å². The first-order valence-electron chi connectivity index (χ1n) is 12.8. The van der Waals surface area contributed by atoms with E-state index < -0.39 is 17.1 Å². The van der Waals surface area contributed by atoms with Gasteiger partial charge in [0, 0.05) is 16.5 Å². The van der Waals surface area contributed by atoms with Gasteiger partial charge in [0.25, 0.3) is 5.91 Å². The van der Waals surface area contributed by atoms with Crippen molar-refractivity contribution >= 4 is 52.2 Å². The van der Waals surface area contributed by atoms with Gasteiger partial charge in [0.05, 0.1) is 23.7 Å². The number of para-hydroxylation sites is 1. The fourth-order valence-corrected chi connectivity index (χ4v) is 7.70.